The number of H-pyrrole nitrogens is 1. The van der Waals surface area contributed by atoms with Crippen LogP contribution in [0.2, 0.25) is 0 Å². The number of amides is 3. The number of hydrogen-bond donors (Lipinski definition) is 4. The molecule has 3 amide bonds. The highest BCUT2D eigenvalue weighted by Crippen LogP contribution is 2.30. The van der Waals surface area contributed by atoms with Crippen molar-refractivity contribution in [3.8, 4) is 17.1 Å². The summed E-state index contributed by atoms with van der Waals surface area (Å²) in [5, 5.41) is 21.9. The first-order chi connectivity index (χ1) is 15.0. The molecule has 1 aliphatic rings. The van der Waals surface area contributed by atoms with Crippen molar-refractivity contribution in [1.29, 1.82) is 0 Å². The number of hydrogen-bond acceptors (Lipinski definition) is 7. The average Bonchev–Trinajstić information content (AvgIpc) is 3.27. The number of ether oxygens (including phenoxy) is 1. The third-order valence-corrected chi connectivity index (χ3v) is 4.78. The highest BCUT2D eigenvalue weighted by atomic mass is 16.5. The molecule has 1 aliphatic heterocycles. The van der Waals surface area contributed by atoms with Crippen LogP contribution in [-0.2, 0) is 9.59 Å². The molecule has 11 nitrogen and oxygen atoms in total. The summed E-state index contributed by atoms with van der Waals surface area (Å²) in [5.74, 6) is -0.190. The van der Waals surface area contributed by atoms with E-state index >= 15 is 0 Å². The zero-order valence-electron chi connectivity index (χ0n) is 16.5. The first-order valence-electron chi connectivity index (χ1n) is 9.47. The standard InChI is InChI=1S/C20H19N7O4/c1-31-16-8-6-11(10-13(16)18-24-26-27-25-18)21-17(28)9-7-15-20(30)22-14-5-3-2-4-12(14)19(29)23-15/h2-6,8,10,15H,7,9H2,1H3,(H,21,28)(H,22,30)(H,23,29)(H,24,25,26,27). The van der Waals surface area contributed by atoms with Crippen molar-refractivity contribution in [2.45, 2.75) is 18.9 Å². The smallest absolute Gasteiger partial charge is 0.254 e. The fourth-order valence-corrected chi connectivity index (χ4v) is 3.25. The lowest BCUT2D eigenvalue weighted by atomic mass is 10.1. The molecule has 0 saturated heterocycles. The van der Waals surface area contributed by atoms with Gasteiger partial charge in [0, 0.05) is 12.1 Å². The van der Waals surface area contributed by atoms with Gasteiger partial charge in [0.2, 0.25) is 17.6 Å². The maximum absolute atomic E-state index is 12.5. The Balaban J connectivity index is 1.40. The Morgan fingerprint density at radius 3 is 2.77 bits per heavy atom. The number of rotatable bonds is 6. The van der Waals surface area contributed by atoms with Gasteiger partial charge in [0.05, 0.1) is 23.9 Å². The van der Waals surface area contributed by atoms with E-state index in [4.69, 9.17) is 4.74 Å². The number of nitrogens with one attached hydrogen (secondary N) is 4. The number of anilines is 2. The predicted molar refractivity (Wildman–Crippen MR) is 110 cm³/mol. The van der Waals surface area contributed by atoms with Gasteiger partial charge in [-0.2, -0.15) is 5.21 Å². The number of aromatic nitrogens is 4. The fourth-order valence-electron chi connectivity index (χ4n) is 3.25. The van der Waals surface area contributed by atoms with Gasteiger partial charge in [0.25, 0.3) is 5.91 Å². The highest BCUT2D eigenvalue weighted by molar-refractivity contribution is 6.10. The lowest BCUT2D eigenvalue weighted by Crippen LogP contribution is -2.41. The SMILES string of the molecule is COc1ccc(NC(=O)CCC2NC(=O)c3ccccc3NC2=O)cc1-c1nn[nH]n1. The Morgan fingerprint density at radius 2 is 2.00 bits per heavy atom. The minimum atomic E-state index is -0.823. The van der Waals surface area contributed by atoms with E-state index in [1.165, 1.54) is 7.11 Å². The van der Waals surface area contributed by atoms with E-state index in [2.05, 4.69) is 36.6 Å². The molecule has 0 aliphatic carbocycles. The lowest BCUT2D eigenvalue weighted by Gasteiger charge is -2.14. The number of benzene rings is 2. The Kier molecular flexibility index (Phi) is 5.56. The van der Waals surface area contributed by atoms with Crippen LogP contribution in [0.3, 0.4) is 0 Å². The van der Waals surface area contributed by atoms with Crippen LogP contribution in [0.5, 0.6) is 5.75 Å². The molecule has 0 radical (unpaired) electrons. The van der Waals surface area contributed by atoms with Gasteiger partial charge in [-0.15, -0.1) is 10.2 Å². The number of carbonyl (C=O) groups excluding carboxylic acids is 3. The molecule has 0 fully saturated rings. The quantitative estimate of drug-likeness (QED) is 0.469. The second-order valence-electron chi connectivity index (χ2n) is 6.80. The molecule has 158 valence electrons. The normalized spacial score (nSPS) is 15.3. The molecule has 4 N–H and O–H groups in total. The van der Waals surface area contributed by atoms with Crippen LogP contribution in [0.4, 0.5) is 11.4 Å². The summed E-state index contributed by atoms with van der Waals surface area (Å²) in [6, 6.07) is 10.9. The van der Waals surface area contributed by atoms with Gasteiger partial charge in [0.15, 0.2) is 0 Å². The van der Waals surface area contributed by atoms with E-state index in [1.54, 1.807) is 42.5 Å². The topological polar surface area (TPSA) is 151 Å². The number of para-hydroxylation sites is 1. The van der Waals surface area contributed by atoms with Gasteiger partial charge >= 0.3 is 0 Å². The number of methoxy groups -OCH3 is 1. The molecule has 1 unspecified atom stereocenters. The summed E-state index contributed by atoms with van der Waals surface area (Å²) in [6.07, 6.45) is 0.170. The van der Waals surface area contributed by atoms with Crippen molar-refractivity contribution in [2.75, 3.05) is 17.7 Å². The number of nitrogens with zero attached hydrogens (tertiary/aromatic N) is 3. The van der Waals surface area contributed by atoms with Gasteiger partial charge < -0.3 is 20.7 Å². The van der Waals surface area contributed by atoms with E-state index in [1.807, 2.05) is 0 Å². The summed E-state index contributed by atoms with van der Waals surface area (Å²) >= 11 is 0. The molecule has 0 saturated carbocycles. The van der Waals surface area contributed by atoms with Crippen LogP contribution in [0.25, 0.3) is 11.4 Å². The van der Waals surface area contributed by atoms with E-state index < -0.39 is 6.04 Å². The molecule has 1 aromatic heterocycles. The summed E-state index contributed by atoms with van der Waals surface area (Å²) in [6.45, 7) is 0. The number of aromatic amines is 1. The summed E-state index contributed by atoms with van der Waals surface area (Å²) in [5.41, 5.74) is 1.90. The van der Waals surface area contributed by atoms with Gasteiger partial charge in [-0.3, -0.25) is 14.4 Å². The molecular formula is C20H19N7O4. The van der Waals surface area contributed by atoms with Crippen LogP contribution in [0.15, 0.2) is 42.5 Å². The molecule has 11 heteroatoms. The van der Waals surface area contributed by atoms with E-state index in [9.17, 15) is 14.4 Å². The van der Waals surface area contributed by atoms with Gasteiger partial charge in [-0.25, -0.2) is 0 Å². The number of fused-ring (bicyclic) bond motifs is 1. The highest BCUT2D eigenvalue weighted by Gasteiger charge is 2.27. The minimum Gasteiger partial charge on any atom is -0.496 e. The maximum Gasteiger partial charge on any atom is 0.254 e. The van der Waals surface area contributed by atoms with Crippen molar-refractivity contribution in [1.82, 2.24) is 25.9 Å². The predicted octanol–water partition coefficient (Wildman–Crippen LogP) is 1.34. The number of carbonyl (C=O) groups is 3. The van der Waals surface area contributed by atoms with E-state index in [0.29, 0.717) is 34.1 Å². The molecule has 31 heavy (non-hydrogen) atoms. The van der Waals surface area contributed by atoms with Crippen LogP contribution < -0.4 is 20.7 Å². The monoisotopic (exact) mass is 421 g/mol. The molecule has 3 aromatic rings. The van der Waals surface area contributed by atoms with Crippen LogP contribution in [-0.4, -0.2) is 51.5 Å². The average molecular weight is 421 g/mol. The Labute approximate surface area is 176 Å². The van der Waals surface area contributed by atoms with Crippen molar-refractivity contribution < 1.29 is 19.1 Å². The molecule has 1 atom stereocenters. The molecule has 2 heterocycles. The zero-order chi connectivity index (χ0) is 21.8. The summed E-state index contributed by atoms with van der Waals surface area (Å²) in [4.78, 5) is 37.3. The third-order valence-electron chi connectivity index (χ3n) is 4.78. The van der Waals surface area contributed by atoms with Crippen molar-refractivity contribution in [2.24, 2.45) is 0 Å². The number of tetrazole rings is 1. The second kappa shape index (κ2) is 8.61. The second-order valence-corrected chi connectivity index (χ2v) is 6.80. The van der Waals surface area contributed by atoms with E-state index in [0.717, 1.165) is 0 Å². The zero-order valence-corrected chi connectivity index (χ0v) is 16.5. The van der Waals surface area contributed by atoms with Gasteiger partial charge in [0.1, 0.15) is 11.8 Å². The Hall–Kier alpha value is -4.28. The minimum absolute atomic E-state index is 0.0261. The van der Waals surface area contributed by atoms with E-state index in [-0.39, 0.29) is 30.6 Å². The Bertz CT molecular complexity index is 1130. The van der Waals surface area contributed by atoms with Crippen LogP contribution in [0.1, 0.15) is 23.2 Å². The largest absolute Gasteiger partial charge is 0.496 e. The van der Waals surface area contributed by atoms with Gasteiger partial charge in [-0.05, 0) is 42.0 Å². The lowest BCUT2D eigenvalue weighted by molar-refractivity contribution is -0.118. The summed E-state index contributed by atoms with van der Waals surface area (Å²) in [7, 11) is 1.52. The summed E-state index contributed by atoms with van der Waals surface area (Å²) < 4.78 is 5.30. The van der Waals surface area contributed by atoms with Crippen molar-refractivity contribution >= 4 is 29.1 Å². The fraction of sp³-hybridized carbons (Fsp3) is 0.200. The van der Waals surface area contributed by atoms with Crippen molar-refractivity contribution in [3.05, 3.63) is 48.0 Å². The molecule has 0 bridgehead atoms. The molecule has 0 spiro atoms. The molecule has 4 rings (SSSR count). The van der Waals surface area contributed by atoms with Crippen LogP contribution in [0, 0.1) is 0 Å². The van der Waals surface area contributed by atoms with Gasteiger partial charge in [-0.1, -0.05) is 12.1 Å². The third kappa shape index (κ3) is 4.34. The first kappa shape index (κ1) is 20.0. The van der Waals surface area contributed by atoms with Crippen LogP contribution >= 0.6 is 0 Å². The first-order valence-corrected chi connectivity index (χ1v) is 9.47. The van der Waals surface area contributed by atoms with Crippen molar-refractivity contribution in [3.63, 3.8) is 0 Å². The molecule has 2 aromatic carbocycles. The Morgan fingerprint density at radius 1 is 1.16 bits per heavy atom. The molecular weight excluding hydrogens is 402 g/mol. The maximum atomic E-state index is 12.5.